The molecule has 39 heavy (non-hydrogen) atoms. The number of aromatic nitrogens is 2. The number of aryl methyl sites for hydroxylation is 2. The fourth-order valence-corrected chi connectivity index (χ4v) is 6.67. The number of carbonyl (C=O) groups is 1. The van der Waals surface area contributed by atoms with E-state index in [0.29, 0.717) is 10.8 Å². The molecule has 5 aromatic rings. The van der Waals surface area contributed by atoms with Gasteiger partial charge in [0.05, 0.1) is 28.4 Å². The van der Waals surface area contributed by atoms with Gasteiger partial charge >= 0.3 is 21.2 Å². The molecule has 0 saturated heterocycles. The summed E-state index contributed by atoms with van der Waals surface area (Å²) in [7, 11) is -2.64. The number of anilines is 1. The van der Waals surface area contributed by atoms with Crippen LogP contribution in [0.25, 0.3) is 10.2 Å². The van der Waals surface area contributed by atoms with Crippen molar-refractivity contribution in [2.24, 2.45) is 0 Å². The van der Waals surface area contributed by atoms with Gasteiger partial charge in [0.1, 0.15) is 21.6 Å². The average Bonchev–Trinajstić information content (AvgIpc) is 3.32. The van der Waals surface area contributed by atoms with Gasteiger partial charge in [0, 0.05) is 0 Å². The molecule has 1 N–H and O–H groups in total. The van der Waals surface area contributed by atoms with Crippen molar-refractivity contribution >= 4 is 42.7 Å². The summed E-state index contributed by atoms with van der Waals surface area (Å²) in [6.45, 7) is 3.90. The minimum absolute atomic E-state index is 0.178. The van der Waals surface area contributed by atoms with Crippen LogP contribution in [0.3, 0.4) is 0 Å². The molecule has 8 nitrogen and oxygen atoms in total. The van der Waals surface area contributed by atoms with Crippen molar-refractivity contribution in [3.05, 3.63) is 109 Å². The van der Waals surface area contributed by atoms with E-state index >= 15 is 0 Å². The SMILES string of the molecule is COc1ccc2nc(NC(=O)c3ccc([I+]c4ccc(C)cc4)cn3)sc2c1.Cc1ccc(S(=O)(=O)[O-])cc1. The summed E-state index contributed by atoms with van der Waals surface area (Å²) in [5.74, 6) is 0.509. The number of carbonyl (C=O) groups excluding carboxylic acids is 1. The van der Waals surface area contributed by atoms with Crippen molar-refractivity contribution in [3.8, 4) is 5.75 Å². The predicted molar refractivity (Wildman–Crippen MR) is 146 cm³/mol. The van der Waals surface area contributed by atoms with Crippen molar-refractivity contribution in [2.75, 3.05) is 12.4 Å². The van der Waals surface area contributed by atoms with E-state index < -0.39 is 10.1 Å². The molecule has 0 atom stereocenters. The van der Waals surface area contributed by atoms with E-state index in [1.165, 1.54) is 36.2 Å². The maximum atomic E-state index is 12.5. The summed E-state index contributed by atoms with van der Waals surface area (Å²) >= 11 is 1.11. The minimum Gasteiger partial charge on any atom is -0.744 e. The molecule has 2 heterocycles. The third kappa shape index (κ3) is 8.05. The van der Waals surface area contributed by atoms with E-state index in [0.717, 1.165) is 21.5 Å². The van der Waals surface area contributed by atoms with Crippen molar-refractivity contribution in [2.45, 2.75) is 18.7 Å². The first kappa shape index (κ1) is 28.6. The van der Waals surface area contributed by atoms with Crippen LogP contribution in [0, 0.1) is 21.0 Å². The first-order valence-corrected chi connectivity index (χ1v) is 15.9. The number of halogens is 1. The van der Waals surface area contributed by atoms with E-state index in [9.17, 15) is 17.8 Å². The number of amides is 1. The van der Waals surface area contributed by atoms with Crippen LogP contribution in [-0.2, 0) is 10.1 Å². The van der Waals surface area contributed by atoms with Crippen molar-refractivity contribution < 1.29 is 43.7 Å². The summed E-state index contributed by atoms with van der Waals surface area (Å²) < 4.78 is 39.9. The lowest BCUT2D eigenvalue weighted by Gasteiger charge is -2.05. The number of benzene rings is 3. The molecular weight excluding hydrogens is 649 g/mol. The van der Waals surface area contributed by atoms with Gasteiger partial charge in [-0.3, -0.25) is 10.1 Å². The highest BCUT2D eigenvalue weighted by molar-refractivity contribution is 7.85. The van der Waals surface area contributed by atoms with Gasteiger partial charge in [-0.1, -0.05) is 46.7 Å². The predicted octanol–water partition coefficient (Wildman–Crippen LogP) is 2.29. The lowest BCUT2D eigenvalue weighted by molar-refractivity contribution is -0.597. The fourth-order valence-electron chi connectivity index (χ4n) is 3.24. The molecule has 0 aliphatic heterocycles. The smallest absolute Gasteiger partial charge is 0.359 e. The third-order valence-electron chi connectivity index (χ3n) is 5.31. The van der Waals surface area contributed by atoms with Gasteiger partial charge in [-0.05, 0) is 68.4 Å². The molecule has 5 rings (SSSR count). The van der Waals surface area contributed by atoms with Crippen molar-refractivity contribution in [1.82, 2.24) is 9.97 Å². The van der Waals surface area contributed by atoms with Crippen LogP contribution in [0.2, 0.25) is 0 Å². The number of nitrogens with one attached hydrogen (secondary N) is 1. The molecule has 1 amide bonds. The molecule has 0 fully saturated rings. The Kier molecular flexibility index (Phi) is 9.28. The standard InChI is InChI=1S/C21H16IN3O2S.C7H8O3S/c1-13-3-5-14(6-4-13)22-15-7-9-18(23-12-15)20(26)25-21-24-17-10-8-16(27-2)11-19(17)28-21;1-6-2-4-7(5-3-6)11(8,9)10/h3-12H,1-2H3;2-5H,1H3,(H,8,9,10). The summed E-state index contributed by atoms with van der Waals surface area (Å²) in [5.41, 5.74) is 3.39. The summed E-state index contributed by atoms with van der Waals surface area (Å²) in [4.78, 5) is 21.1. The highest BCUT2D eigenvalue weighted by Crippen LogP contribution is 2.29. The van der Waals surface area contributed by atoms with Gasteiger partial charge in [0.25, 0.3) is 5.91 Å². The zero-order valence-corrected chi connectivity index (χ0v) is 25.0. The summed E-state index contributed by atoms with van der Waals surface area (Å²) in [5, 5.41) is 3.38. The van der Waals surface area contributed by atoms with Crippen LogP contribution in [-0.4, -0.2) is 36.0 Å². The molecule has 0 aliphatic rings. The Bertz CT molecular complexity index is 1690. The Labute approximate surface area is 241 Å². The molecule has 3 aromatic carbocycles. The Morgan fingerprint density at radius 1 is 0.923 bits per heavy atom. The number of rotatable bonds is 6. The number of fused-ring (bicyclic) bond motifs is 1. The Morgan fingerprint density at radius 3 is 2.15 bits per heavy atom. The summed E-state index contributed by atoms with van der Waals surface area (Å²) in [6, 6.07) is 23.7. The molecule has 0 spiro atoms. The zero-order chi connectivity index (χ0) is 28.0. The molecule has 11 heteroatoms. The van der Waals surface area contributed by atoms with Gasteiger partial charge in [0.2, 0.25) is 3.57 Å². The van der Waals surface area contributed by atoms with Gasteiger partial charge < -0.3 is 9.29 Å². The van der Waals surface area contributed by atoms with Crippen LogP contribution < -0.4 is 31.3 Å². The van der Waals surface area contributed by atoms with E-state index in [-0.39, 0.29) is 32.0 Å². The second-order valence-electron chi connectivity index (χ2n) is 8.33. The quantitative estimate of drug-likeness (QED) is 0.217. The maximum absolute atomic E-state index is 12.5. The van der Waals surface area contributed by atoms with E-state index in [4.69, 9.17) is 4.74 Å². The molecule has 0 radical (unpaired) electrons. The second-order valence-corrected chi connectivity index (χ2v) is 13.8. The molecule has 200 valence electrons. The third-order valence-corrected chi connectivity index (χ3v) is 9.70. The molecular formula is C28H24IN3O5S2. The first-order chi connectivity index (χ1) is 18.6. The monoisotopic (exact) mass is 673 g/mol. The number of hydrogen-bond donors (Lipinski definition) is 1. The Balaban J connectivity index is 0.000000270. The second kappa shape index (κ2) is 12.6. The number of hydrogen-bond acceptors (Lipinski definition) is 8. The average molecular weight is 674 g/mol. The molecule has 0 bridgehead atoms. The maximum Gasteiger partial charge on any atom is 0.359 e. The van der Waals surface area contributed by atoms with Crippen LogP contribution in [0.15, 0.2) is 90.0 Å². The minimum atomic E-state index is -4.27. The number of nitrogens with zero attached hydrogens (tertiary/aromatic N) is 2. The molecule has 0 unspecified atom stereocenters. The van der Waals surface area contributed by atoms with Crippen LogP contribution in [0.4, 0.5) is 5.13 Å². The van der Waals surface area contributed by atoms with Gasteiger partial charge in [0.15, 0.2) is 8.70 Å². The molecule has 2 aromatic heterocycles. The highest BCUT2D eigenvalue weighted by atomic mass is 127. The summed E-state index contributed by atoms with van der Waals surface area (Å²) in [6.07, 6.45) is 1.80. The Hall–Kier alpha value is -3.39. The fraction of sp³-hybridized carbons (Fsp3) is 0.107. The zero-order valence-electron chi connectivity index (χ0n) is 21.2. The van der Waals surface area contributed by atoms with Crippen molar-refractivity contribution in [1.29, 1.82) is 0 Å². The van der Waals surface area contributed by atoms with Gasteiger partial charge in [-0.2, -0.15) is 0 Å². The Morgan fingerprint density at radius 2 is 1.56 bits per heavy atom. The van der Waals surface area contributed by atoms with Crippen LogP contribution in [0.5, 0.6) is 5.75 Å². The van der Waals surface area contributed by atoms with Crippen LogP contribution >= 0.6 is 11.3 Å². The van der Waals surface area contributed by atoms with E-state index in [1.54, 1.807) is 31.5 Å². The lowest BCUT2D eigenvalue weighted by atomic mass is 10.2. The lowest BCUT2D eigenvalue weighted by Crippen LogP contribution is -3.61. The molecule has 0 saturated carbocycles. The van der Waals surface area contributed by atoms with Gasteiger partial charge in [-0.25, -0.2) is 18.4 Å². The highest BCUT2D eigenvalue weighted by Gasteiger charge is 2.18. The van der Waals surface area contributed by atoms with Crippen LogP contribution in [0.1, 0.15) is 21.6 Å². The number of pyridine rings is 1. The van der Waals surface area contributed by atoms with Gasteiger partial charge in [-0.15, -0.1) is 0 Å². The number of methoxy groups -OCH3 is 1. The first-order valence-electron chi connectivity index (χ1n) is 11.6. The van der Waals surface area contributed by atoms with E-state index in [1.807, 2.05) is 31.2 Å². The van der Waals surface area contributed by atoms with E-state index in [2.05, 4.69) is 46.5 Å². The van der Waals surface area contributed by atoms with Crippen molar-refractivity contribution in [3.63, 3.8) is 0 Å². The molecule has 0 aliphatic carbocycles. The number of thiazole rings is 1. The topological polar surface area (TPSA) is 121 Å². The number of ether oxygens (including phenoxy) is 1. The normalized spacial score (nSPS) is 11.0. The largest absolute Gasteiger partial charge is 0.744 e.